The van der Waals surface area contributed by atoms with Gasteiger partial charge in [-0.15, -0.1) is 0 Å². The van der Waals surface area contributed by atoms with Crippen LogP contribution in [0.3, 0.4) is 0 Å². The maximum Gasteiger partial charge on any atom is 0.255 e. The Morgan fingerprint density at radius 3 is 2.67 bits per heavy atom. The molecule has 24 heavy (non-hydrogen) atoms. The minimum atomic E-state index is -0.539. The van der Waals surface area contributed by atoms with Crippen LogP contribution in [0.4, 0.5) is 0 Å². The van der Waals surface area contributed by atoms with Crippen molar-refractivity contribution in [1.29, 1.82) is 0 Å². The van der Waals surface area contributed by atoms with Crippen molar-refractivity contribution in [3.8, 4) is 11.5 Å². The van der Waals surface area contributed by atoms with Gasteiger partial charge < -0.3 is 25.2 Å². The topological polar surface area (TPSA) is 85.0 Å². The first-order valence-electron chi connectivity index (χ1n) is 8.04. The van der Waals surface area contributed by atoms with Crippen LogP contribution < -0.4 is 15.2 Å². The first-order chi connectivity index (χ1) is 11.5. The molecule has 1 aromatic carbocycles. The Morgan fingerprint density at radius 2 is 2.08 bits per heavy atom. The average Bonchev–Trinajstić information content (AvgIpc) is 2.60. The molecule has 1 amide bonds. The van der Waals surface area contributed by atoms with Gasteiger partial charge >= 0.3 is 0 Å². The number of benzene rings is 1. The van der Waals surface area contributed by atoms with Gasteiger partial charge in [-0.25, -0.2) is 0 Å². The first kappa shape index (κ1) is 18.5. The van der Waals surface area contributed by atoms with E-state index < -0.39 is 5.91 Å². The van der Waals surface area contributed by atoms with Crippen molar-refractivity contribution >= 4 is 23.1 Å². The number of rotatable bonds is 7. The molecule has 0 unspecified atom stereocenters. The lowest BCUT2D eigenvalue weighted by molar-refractivity contribution is -0.119. The van der Waals surface area contributed by atoms with Crippen LogP contribution in [0.5, 0.6) is 11.5 Å². The maximum absolute atomic E-state index is 10.8. The van der Waals surface area contributed by atoms with Crippen molar-refractivity contribution in [2.75, 3.05) is 33.4 Å². The van der Waals surface area contributed by atoms with Crippen LogP contribution in [0.1, 0.15) is 24.8 Å². The predicted octanol–water partition coefficient (Wildman–Crippen LogP) is 1.33. The largest absolute Gasteiger partial charge is 0.493 e. The van der Waals surface area contributed by atoms with E-state index in [0.717, 1.165) is 42.9 Å². The number of aliphatic hydroxyl groups is 1. The Labute approximate surface area is 147 Å². The number of likely N-dealkylation sites (tertiary alicyclic amines) is 1. The van der Waals surface area contributed by atoms with Gasteiger partial charge in [0.15, 0.2) is 18.1 Å². The van der Waals surface area contributed by atoms with Crippen LogP contribution in [-0.4, -0.2) is 54.3 Å². The summed E-state index contributed by atoms with van der Waals surface area (Å²) in [5.74, 6) is 1.02. The second-order valence-corrected chi connectivity index (χ2v) is 6.26. The summed E-state index contributed by atoms with van der Waals surface area (Å²) in [6, 6.07) is 5.42. The summed E-state index contributed by atoms with van der Waals surface area (Å²) in [5, 5.41) is 9.04. The standard InChI is InChI=1S/C17H24N2O4S/c1-22-15-10-13(2-3-14(15)23-11-16(18)21)17(24)19-7-4-12(5-8-19)6-9-20/h2-3,10,12,20H,4-9,11H2,1H3,(H2,18,21). The predicted molar refractivity (Wildman–Crippen MR) is 95.4 cm³/mol. The molecule has 7 heteroatoms. The summed E-state index contributed by atoms with van der Waals surface area (Å²) in [4.78, 5) is 13.8. The average molecular weight is 352 g/mol. The molecule has 0 aliphatic carbocycles. The highest BCUT2D eigenvalue weighted by molar-refractivity contribution is 7.80. The zero-order valence-corrected chi connectivity index (χ0v) is 14.7. The number of carbonyl (C=O) groups is 1. The molecule has 1 aliphatic rings. The Bertz CT molecular complexity index is 586. The van der Waals surface area contributed by atoms with E-state index in [9.17, 15) is 4.79 Å². The zero-order valence-electron chi connectivity index (χ0n) is 13.9. The lowest BCUT2D eigenvalue weighted by Crippen LogP contribution is -2.38. The van der Waals surface area contributed by atoms with Crippen LogP contribution in [0.25, 0.3) is 0 Å². The maximum atomic E-state index is 10.8. The fourth-order valence-electron chi connectivity index (χ4n) is 2.86. The number of ether oxygens (including phenoxy) is 2. The molecule has 3 N–H and O–H groups in total. The summed E-state index contributed by atoms with van der Waals surface area (Å²) in [5.41, 5.74) is 5.98. The molecule has 0 bridgehead atoms. The van der Waals surface area contributed by atoms with Crippen LogP contribution in [-0.2, 0) is 4.79 Å². The third-order valence-corrected chi connectivity index (χ3v) is 4.71. The molecule has 0 atom stereocenters. The Balaban J connectivity index is 2.03. The monoisotopic (exact) mass is 352 g/mol. The molecular weight excluding hydrogens is 328 g/mol. The smallest absolute Gasteiger partial charge is 0.255 e. The normalized spacial score (nSPS) is 15.2. The molecule has 0 aromatic heterocycles. The molecular formula is C17H24N2O4S. The fourth-order valence-corrected chi connectivity index (χ4v) is 3.17. The SMILES string of the molecule is COc1cc(C(=S)N2CCC(CCO)CC2)ccc1OCC(N)=O. The Morgan fingerprint density at radius 1 is 1.38 bits per heavy atom. The number of thiocarbonyl (C=S) groups is 1. The Kier molecular flexibility index (Phi) is 6.81. The lowest BCUT2D eigenvalue weighted by Gasteiger charge is -2.33. The van der Waals surface area contributed by atoms with Crippen LogP contribution in [0, 0.1) is 5.92 Å². The molecule has 0 saturated carbocycles. The summed E-state index contributed by atoms with van der Waals surface area (Å²) in [6.45, 7) is 1.84. The number of piperidine rings is 1. The molecule has 0 radical (unpaired) electrons. The molecule has 1 aliphatic heterocycles. The van der Waals surface area contributed by atoms with E-state index in [1.807, 2.05) is 12.1 Å². The first-order valence-corrected chi connectivity index (χ1v) is 8.45. The minimum absolute atomic E-state index is 0.196. The van der Waals surface area contributed by atoms with Gasteiger partial charge in [-0.2, -0.15) is 0 Å². The number of primary amides is 1. The van der Waals surface area contributed by atoms with E-state index in [1.54, 1.807) is 13.2 Å². The van der Waals surface area contributed by atoms with E-state index in [0.29, 0.717) is 17.4 Å². The highest BCUT2D eigenvalue weighted by Crippen LogP contribution is 2.29. The summed E-state index contributed by atoms with van der Waals surface area (Å²) in [6.07, 6.45) is 2.94. The van der Waals surface area contributed by atoms with E-state index in [4.69, 9.17) is 32.5 Å². The molecule has 1 fully saturated rings. The van der Waals surface area contributed by atoms with Crippen molar-refractivity contribution in [2.45, 2.75) is 19.3 Å². The van der Waals surface area contributed by atoms with Crippen LogP contribution in [0.2, 0.25) is 0 Å². The van der Waals surface area contributed by atoms with E-state index in [1.165, 1.54) is 0 Å². The van der Waals surface area contributed by atoms with Crippen LogP contribution in [0.15, 0.2) is 18.2 Å². The number of nitrogens with zero attached hydrogens (tertiary/aromatic N) is 1. The lowest BCUT2D eigenvalue weighted by atomic mass is 9.93. The quantitative estimate of drug-likeness (QED) is 0.720. The highest BCUT2D eigenvalue weighted by atomic mass is 32.1. The van der Waals surface area contributed by atoms with Crippen molar-refractivity contribution in [2.24, 2.45) is 11.7 Å². The highest BCUT2D eigenvalue weighted by Gasteiger charge is 2.22. The van der Waals surface area contributed by atoms with Gasteiger partial charge in [0.2, 0.25) is 0 Å². The van der Waals surface area contributed by atoms with Gasteiger partial charge in [-0.3, -0.25) is 4.79 Å². The van der Waals surface area contributed by atoms with Gasteiger partial charge in [0, 0.05) is 25.3 Å². The number of methoxy groups -OCH3 is 1. The van der Waals surface area contributed by atoms with Gasteiger partial charge in [0.25, 0.3) is 5.91 Å². The summed E-state index contributed by atoms with van der Waals surface area (Å²) in [7, 11) is 1.54. The second kappa shape index (κ2) is 8.84. The molecule has 132 valence electrons. The molecule has 0 spiro atoms. The summed E-state index contributed by atoms with van der Waals surface area (Å²) < 4.78 is 10.7. The number of carbonyl (C=O) groups excluding carboxylic acids is 1. The molecule has 6 nitrogen and oxygen atoms in total. The van der Waals surface area contributed by atoms with E-state index in [2.05, 4.69) is 4.90 Å². The second-order valence-electron chi connectivity index (χ2n) is 5.87. The van der Waals surface area contributed by atoms with Crippen molar-refractivity contribution in [3.05, 3.63) is 23.8 Å². The van der Waals surface area contributed by atoms with E-state index in [-0.39, 0.29) is 13.2 Å². The minimum Gasteiger partial charge on any atom is -0.493 e. The van der Waals surface area contributed by atoms with Gasteiger partial charge in [-0.1, -0.05) is 12.2 Å². The fraction of sp³-hybridized carbons (Fsp3) is 0.529. The number of hydrogen-bond donors (Lipinski definition) is 2. The number of amides is 1. The molecule has 1 heterocycles. The van der Waals surface area contributed by atoms with Crippen LogP contribution >= 0.6 is 12.2 Å². The molecule has 1 aromatic rings. The van der Waals surface area contributed by atoms with Gasteiger partial charge in [0.1, 0.15) is 4.99 Å². The van der Waals surface area contributed by atoms with E-state index >= 15 is 0 Å². The van der Waals surface area contributed by atoms with Crippen molar-refractivity contribution in [3.63, 3.8) is 0 Å². The van der Waals surface area contributed by atoms with Gasteiger partial charge in [0.05, 0.1) is 7.11 Å². The number of hydrogen-bond acceptors (Lipinski definition) is 5. The Hall–Kier alpha value is -1.86. The molecule has 1 saturated heterocycles. The number of aliphatic hydroxyl groups excluding tert-OH is 1. The third kappa shape index (κ3) is 4.82. The zero-order chi connectivity index (χ0) is 17.5. The van der Waals surface area contributed by atoms with Crippen molar-refractivity contribution in [1.82, 2.24) is 4.90 Å². The van der Waals surface area contributed by atoms with Crippen molar-refractivity contribution < 1.29 is 19.4 Å². The van der Waals surface area contributed by atoms with Gasteiger partial charge in [-0.05, 0) is 43.4 Å². The molecule has 2 rings (SSSR count). The summed E-state index contributed by atoms with van der Waals surface area (Å²) >= 11 is 5.61. The third-order valence-electron chi connectivity index (χ3n) is 4.22. The number of nitrogens with two attached hydrogens (primary N) is 1.